The van der Waals surface area contributed by atoms with Crippen molar-refractivity contribution in [2.45, 2.75) is 26.8 Å². The molecule has 0 spiro atoms. The minimum absolute atomic E-state index is 0.502. The van der Waals surface area contributed by atoms with E-state index in [1.54, 1.807) is 0 Å². The van der Waals surface area contributed by atoms with Crippen molar-refractivity contribution in [2.75, 3.05) is 5.73 Å². The van der Waals surface area contributed by atoms with Crippen molar-refractivity contribution in [2.24, 2.45) is 0 Å². The SMILES string of the molecule is CCc1c(N)nnn1Cc1cn2cc(C)ccc2n1. The summed E-state index contributed by atoms with van der Waals surface area (Å²) < 4.78 is 3.83. The number of nitrogen functional groups attached to an aromatic ring is 1. The van der Waals surface area contributed by atoms with Crippen LogP contribution in [-0.2, 0) is 13.0 Å². The van der Waals surface area contributed by atoms with E-state index in [4.69, 9.17) is 5.73 Å². The lowest BCUT2D eigenvalue weighted by molar-refractivity contribution is 0.614. The molecule has 0 aromatic carbocycles. The van der Waals surface area contributed by atoms with Crippen LogP contribution in [0.25, 0.3) is 5.65 Å². The maximum Gasteiger partial charge on any atom is 0.169 e. The first-order chi connectivity index (χ1) is 9.17. The van der Waals surface area contributed by atoms with Crippen LogP contribution in [0.4, 0.5) is 5.82 Å². The van der Waals surface area contributed by atoms with E-state index in [2.05, 4.69) is 34.5 Å². The average molecular weight is 256 g/mol. The van der Waals surface area contributed by atoms with Crippen molar-refractivity contribution in [3.8, 4) is 0 Å². The van der Waals surface area contributed by atoms with E-state index in [1.165, 1.54) is 5.56 Å². The van der Waals surface area contributed by atoms with Gasteiger partial charge >= 0.3 is 0 Å². The minimum atomic E-state index is 0.502. The standard InChI is InChI=1S/C13H16N6/c1-3-11-13(14)16-17-19(11)8-10-7-18-6-9(2)4-5-12(18)15-10/h4-7H,3,8,14H2,1-2H3. The van der Waals surface area contributed by atoms with E-state index in [0.717, 1.165) is 23.5 Å². The molecule has 0 aliphatic carbocycles. The fourth-order valence-electron chi connectivity index (χ4n) is 2.22. The van der Waals surface area contributed by atoms with Gasteiger partial charge in [-0.1, -0.05) is 18.2 Å². The summed E-state index contributed by atoms with van der Waals surface area (Å²) in [6.45, 7) is 4.69. The van der Waals surface area contributed by atoms with Gasteiger partial charge in [0.05, 0.1) is 17.9 Å². The van der Waals surface area contributed by atoms with Crippen molar-refractivity contribution in [1.29, 1.82) is 0 Å². The lowest BCUT2D eigenvalue weighted by Crippen LogP contribution is -2.06. The third-order valence-electron chi connectivity index (χ3n) is 3.16. The van der Waals surface area contributed by atoms with Gasteiger partial charge in [0.1, 0.15) is 5.65 Å². The Morgan fingerprint density at radius 1 is 1.26 bits per heavy atom. The molecule has 0 unspecified atom stereocenters. The molecular formula is C13H16N6. The van der Waals surface area contributed by atoms with E-state index >= 15 is 0 Å². The summed E-state index contributed by atoms with van der Waals surface area (Å²) in [5, 5.41) is 7.97. The van der Waals surface area contributed by atoms with Crippen LogP contribution in [0.2, 0.25) is 0 Å². The highest BCUT2D eigenvalue weighted by Crippen LogP contribution is 2.12. The molecular weight excluding hydrogens is 240 g/mol. The highest BCUT2D eigenvalue weighted by atomic mass is 15.4. The molecule has 6 nitrogen and oxygen atoms in total. The van der Waals surface area contributed by atoms with Crippen molar-refractivity contribution in [3.05, 3.63) is 41.5 Å². The minimum Gasteiger partial charge on any atom is -0.381 e. The first kappa shape index (κ1) is 11.7. The Morgan fingerprint density at radius 2 is 2.11 bits per heavy atom. The van der Waals surface area contributed by atoms with Gasteiger partial charge in [-0.25, -0.2) is 9.67 Å². The van der Waals surface area contributed by atoms with Crippen LogP contribution in [0.15, 0.2) is 24.5 Å². The van der Waals surface area contributed by atoms with E-state index in [-0.39, 0.29) is 0 Å². The Labute approximate surface area is 110 Å². The molecule has 0 atom stereocenters. The van der Waals surface area contributed by atoms with E-state index in [0.29, 0.717) is 12.4 Å². The quantitative estimate of drug-likeness (QED) is 0.769. The van der Waals surface area contributed by atoms with Gasteiger partial charge in [-0.3, -0.25) is 0 Å². The van der Waals surface area contributed by atoms with Gasteiger partial charge in [0.25, 0.3) is 0 Å². The third kappa shape index (κ3) is 2.05. The first-order valence-electron chi connectivity index (χ1n) is 6.29. The molecule has 98 valence electrons. The highest BCUT2D eigenvalue weighted by Gasteiger charge is 2.10. The number of pyridine rings is 1. The van der Waals surface area contributed by atoms with Gasteiger partial charge in [-0.2, -0.15) is 0 Å². The monoisotopic (exact) mass is 256 g/mol. The number of aryl methyl sites for hydroxylation is 1. The molecule has 0 amide bonds. The van der Waals surface area contributed by atoms with Gasteiger partial charge in [-0.15, -0.1) is 5.10 Å². The number of nitrogens with zero attached hydrogens (tertiary/aromatic N) is 5. The number of rotatable bonds is 3. The number of aromatic nitrogens is 5. The van der Waals surface area contributed by atoms with Crippen molar-refractivity contribution in [3.63, 3.8) is 0 Å². The largest absolute Gasteiger partial charge is 0.381 e. The van der Waals surface area contributed by atoms with Gasteiger partial charge < -0.3 is 10.1 Å². The Morgan fingerprint density at radius 3 is 2.89 bits per heavy atom. The summed E-state index contributed by atoms with van der Waals surface area (Å²) in [5.41, 5.74) is 9.82. The van der Waals surface area contributed by atoms with Crippen LogP contribution >= 0.6 is 0 Å². The summed E-state index contributed by atoms with van der Waals surface area (Å²) in [5.74, 6) is 0.502. The highest BCUT2D eigenvalue weighted by molar-refractivity contribution is 5.41. The number of anilines is 1. The second-order valence-corrected chi connectivity index (χ2v) is 4.64. The Bertz CT molecular complexity index is 724. The Hall–Kier alpha value is -2.37. The molecule has 2 N–H and O–H groups in total. The zero-order valence-corrected chi connectivity index (χ0v) is 11.0. The second kappa shape index (κ2) is 4.38. The van der Waals surface area contributed by atoms with Gasteiger partial charge in [0, 0.05) is 12.4 Å². The lowest BCUT2D eigenvalue weighted by Gasteiger charge is -2.01. The second-order valence-electron chi connectivity index (χ2n) is 4.64. The molecule has 0 radical (unpaired) electrons. The number of hydrogen-bond donors (Lipinski definition) is 1. The number of imidazole rings is 1. The van der Waals surface area contributed by atoms with E-state index < -0.39 is 0 Å². The smallest absolute Gasteiger partial charge is 0.169 e. The maximum atomic E-state index is 5.78. The topological polar surface area (TPSA) is 74.0 Å². The predicted molar refractivity (Wildman–Crippen MR) is 72.8 cm³/mol. The summed E-state index contributed by atoms with van der Waals surface area (Å²) >= 11 is 0. The molecule has 19 heavy (non-hydrogen) atoms. The fourth-order valence-corrected chi connectivity index (χ4v) is 2.22. The van der Waals surface area contributed by atoms with Gasteiger partial charge in [0.2, 0.25) is 0 Å². The van der Waals surface area contributed by atoms with Crippen LogP contribution in [0.1, 0.15) is 23.9 Å². The van der Waals surface area contributed by atoms with Crippen LogP contribution in [0.3, 0.4) is 0 Å². The van der Waals surface area contributed by atoms with Gasteiger partial charge in [0.15, 0.2) is 5.82 Å². The fraction of sp³-hybridized carbons (Fsp3) is 0.308. The summed E-state index contributed by atoms with van der Waals surface area (Å²) in [4.78, 5) is 4.57. The molecule has 0 saturated heterocycles. The Balaban J connectivity index is 1.96. The molecule has 0 saturated carbocycles. The van der Waals surface area contributed by atoms with Gasteiger partial charge in [-0.05, 0) is 25.0 Å². The molecule has 3 rings (SSSR count). The average Bonchev–Trinajstić information content (AvgIpc) is 2.92. The maximum absolute atomic E-state index is 5.78. The Kier molecular flexibility index (Phi) is 2.70. The number of hydrogen-bond acceptors (Lipinski definition) is 4. The summed E-state index contributed by atoms with van der Waals surface area (Å²) in [6.07, 6.45) is 4.88. The van der Waals surface area contributed by atoms with E-state index in [9.17, 15) is 0 Å². The first-order valence-corrected chi connectivity index (χ1v) is 6.29. The molecule has 0 fully saturated rings. The van der Waals surface area contributed by atoms with E-state index in [1.807, 2.05) is 28.3 Å². The van der Waals surface area contributed by atoms with Crippen molar-refractivity contribution >= 4 is 11.5 Å². The summed E-state index contributed by atoms with van der Waals surface area (Å²) in [6, 6.07) is 4.06. The molecule has 0 bridgehead atoms. The van der Waals surface area contributed by atoms with Crippen LogP contribution in [0.5, 0.6) is 0 Å². The van der Waals surface area contributed by atoms with Crippen molar-refractivity contribution < 1.29 is 0 Å². The normalized spacial score (nSPS) is 11.3. The van der Waals surface area contributed by atoms with Crippen LogP contribution in [0, 0.1) is 6.92 Å². The van der Waals surface area contributed by atoms with Crippen LogP contribution < -0.4 is 5.73 Å². The molecule has 0 aliphatic heterocycles. The number of nitrogens with two attached hydrogens (primary N) is 1. The summed E-state index contributed by atoms with van der Waals surface area (Å²) in [7, 11) is 0. The molecule has 0 aliphatic rings. The number of fused-ring (bicyclic) bond motifs is 1. The van der Waals surface area contributed by atoms with Crippen molar-refractivity contribution in [1.82, 2.24) is 24.4 Å². The molecule has 3 heterocycles. The molecule has 6 heteroatoms. The predicted octanol–water partition coefficient (Wildman–Crippen LogP) is 1.43. The molecule has 3 aromatic heterocycles. The lowest BCUT2D eigenvalue weighted by atomic mass is 10.3. The zero-order valence-electron chi connectivity index (χ0n) is 11.0. The van der Waals surface area contributed by atoms with Crippen LogP contribution in [-0.4, -0.2) is 24.4 Å². The molecule has 3 aromatic rings. The zero-order chi connectivity index (χ0) is 13.4. The third-order valence-corrected chi connectivity index (χ3v) is 3.16.